The van der Waals surface area contributed by atoms with Gasteiger partial charge in [0.1, 0.15) is 0 Å². The SMILES string of the molecule is CCOC(=O)CC1CCNCC1.Cl.Cl.O=C(O)CC1CCNCC1. The number of carbonyl (C=O) groups is 2. The van der Waals surface area contributed by atoms with Crippen molar-refractivity contribution in [2.75, 3.05) is 32.8 Å². The van der Waals surface area contributed by atoms with Crippen molar-refractivity contribution in [1.82, 2.24) is 10.6 Å². The Morgan fingerprint density at radius 3 is 1.71 bits per heavy atom. The van der Waals surface area contributed by atoms with E-state index >= 15 is 0 Å². The number of esters is 1. The Hall–Kier alpha value is -0.560. The number of carboxylic acid groups (broad SMARTS) is 1. The van der Waals surface area contributed by atoms with E-state index in [1.807, 2.05) is 6.92 Å². The van der Waals surface area contributed by atoms with Crippen molar-refractivity contribution in [3.8, 4) is 0 Å². The first-order valence-electron chi connectivity index (χ1n) is 8.40. The molecule has 24 heavy (non-hydrogen) atoms. The highest BCUT2D eigenvalue weighted by Crippen LogP contribution is 2.16. The van der Waals surface area contributed by atoms with E-state index in [2.05, 4.69) is 10.6 Å². The van der Waals surface area contributed by atoms with Crippen LogP contribution in [-0.4, -0.2) is 49.8 Å². The lowest BCUT2D eigenvalue weighted by atomic mass is 9.95. The predicted octanol–water partition coefficient (Wildman–Crippen LogP) is 2.24. The van der Waals surface area contributed by atoms with Gasteiger partial charge in [-0.2, -0.15) is 0 Å². The van der Waals surface area contributed by atoms with E-state index in [0.717, 1.165) is 51.9 Å². The Balaban J connectivity index is 0. The summed E-state index contributed by atoms with van der Waals surface area (Å²) in [7, 11) is 0. The second kappa shape index (κ2) is 15.9. The van der Waals surface area contributed by atoms with Crippen molar-refractivity contribution in [3.63, 3.8) is 0 Å². The van der Waals surface area contributed by atoms with Crippen molar-refractivity contribution < 1.29 is 19.4 Å². The second-order valence-electron chi connectivity index (χ2n) is 5.99. The summed E-state index contributed by atoms with van der Waals surface area (Å²) in [4.78, 5) is 21.3. The van der Waals surface area contributed by atoms with Crippen LogP contribution >= 0.6 is 24.8 Å². The monoisotopic (exact) mass is 386 g/mol. The average molecular weight is 387 g/mol. The van der Waals surface area contributed by atoms with Crippen LogP contribution in [0.15, 0.2) is 0 Å². The molecule has 0 aromatic carbocycles. The summed E-state index contributed by atoms with van der Waals surface area (Å²) in [5.74, 6) is 0.264. The standard InChI is InChI=1S/C9H17NO2.C7H13NO2.2ClH/c1-2-12-9(11)7-8-3-5-10-6-4-8;9-7(10)5-6-1-3-8-4-2-6;;/h8,10H,2-7H2,1H3;6,8H,1-5H2,(H,9,10);2*1H. The maximum atomic E-state index is 11.1. The van der Waals surface area contributed by atoms with E-state index in [0.29, 0.717) is 31.3 Å². The zero-order chi connectivity index (χ0) is 16.2. The largest absolute Gasteiger partial charge is 0.481 e. The molecule has 0 aromatic heterocycles. The summed E-state index contributed by atoms with van der Waals surface area (Å²) >= 11 is 0. The molecule has 0 atom stereocenters. The Morgan fingerprint density at radius 2 is 1.33 bits per heavy atom. The van der Waals surface area contributed by atoms with E-state index < -0.39 is 5.97 Å². The van der Waals surface area contributed by atoms with E-state index in [9.17, 15) is 9.59 Å². The summed E-state index contributed by atoms with van der Waals surface area (Å²) in [6, 6.07) is 0. The number of piperidine rings is 2. The molecule has 0 spiro atoms. The van der Waals surface area contributed by atoms with Crippen LogP contribution in [0.4, 0.5) is 0 Å². The van der Waals surface area contributed by atoms with Gasteiger partial charge in [-0.15, -0.1) is 24.8 Å². The normalized spacial score (nSPS) is 18.2. The number of nitrogens with one attached hydrogen (secondary N) is 2. The minimum Gasteiger partial charge on any atom is -0.481 e. The first-order valence-corrected chi connectivity index (χ1v) is 8.40. The number of ether oxygens (including phenoxy) is 1. The molecule has 0 unspecified atom stereocenters. The van der Waals surface area contributed by atoms with Gasteiger partial charge in [0, 0.05) is 12.8 Å². The van der Waals surface area contributed by atoms with Crippen LogP contribution in [0.5, 0.6) is 0 Å². The van der Waals surface area contributed by atoms with Crippen LogP contribution in [-0.2, 0) is 14.3 Å². The Kier molecular flexibility index (Phi) is 17.1. The van der Waals surface area contributed by atoms with Crippen LogP contribution in [0.3, 0.4) is 0 Å². The molecule has 0 bridgehead atoms. The lowest BCUT2D eigenvalue weighted by Gasteiger charge is -2.21. The van der Waals surface area contributed by atoms with Crippen molar-refractivity contribution in [3.05, 3.63) is 0 Å². The quantitative estimate of drug-likeness (QED) is 0.628. The molecule has 2 rings (SSSR count). The highest BCUT2D eigenvalue weighted by atomic mass is 35.5. The van der Waals surface area contributed by atoms with Gasteiger partial charge in [-0.3, -0.25) is 9.59 Å². The third-order valence-corrected chi connectivity index (χ3v) is 4.14. The van der Waals surface area contributed by atoms with Crippen molar-refractivity contribution in [1.29, 1.82) is 0 Å². The van der Waals surface area contributed by atoms with Gasteiger partial charge in [-0.1, -0.05) is 0 Å². The maximum absolute atomic E-state index is 11.1. The fraction of sp³-hybridized carbons (Fsp3) is 0.875. The van der Waals surface area contributed by atoms with Crippen molar-refractivity contribution in [2.45, 2.75) is 45.4 Å². The van der Waals surface area contributed by atoms with Crippen molar-refractivity contribution in [2.24, 2.45) is 11.8 Å². The number of carbonyl (C=O) groups excluding carboxylic acids is 1. The minimum atomic E-state index is -0.660. The zero-order valence-corrected chi connectivity index (χ0v) is 16.1. The zero-order valence-electron chi connectivity index (χ0n) is 14.4. The Morgan fingerprint density at radius 1 is 0.917 bits per heavy atom. The molecule has 2 aliphatic rings. The molecule has 3 N–H and O–H groups in total. The van der Waals surface area contributed by atoms with Crippen LogP contribution in [0.2, 0.25) is 0 Å². The highest BCUT2D eigenvalue weighted by Gasteiger charge is 2.17. The highest BCUT2D eigenvalue weighted by molar-refractivity contribution is 5.85. The summed E-state index contributed by atoms with van der Waals surface area (Å²) in [5.41, 5.74) is 0. The number of rotatable bonds is 5. The smallest absolute Gasteiger partial charge is 0.306 e. The molecule has 2 saturated heterocycles. The van der Waals surface area contributed by atoms with Gasteiger partial charge in [-0.05, 0) is 70.6 Å². The topological polar surface area (TPSA) is 87.7 Å². The summed E-state index contributed by atoms with van der Waals surface area (Å²) < 4.78 is 4.89. The molecule has 0 aromatic rings. The van der Waals surface area contributed by atoms with Crippen LogP contribution < -0.4 is 10.6 Å². The average Bonchev–Trinajstić information content (AvgIpc) is 2.49. The van der Waals surface area contributed by atoms with Gasteiger partial charge in [0.2, 0.25) is 0 Å². The number of carboxylic acids is 1. The molecular weight excluding hydrogens is 355 g/mol. The van der Waals surface area contributed by atoms with E-state index in [4.69, 9.17) is 9.84 Å². The molecule has 2 aliphatic heterocycles. The fourth-order valence-corrected chi connectivity index (χ4v) is 2.87. The lowest BCUT2D eigenvalue weighted by Crippen LogP contribution is -2.29. The summed E-state index contributed by atoms with van der Waals surface area (Å²) in [6.07, 6.45) is 5.22. The third-order valence-electron chi connectivity index (χ3n) is 4.14. The van der Waals surface area contributed by atoms with Gasteiger partial charge in [0.15, 0.2) is 0 Å². The van der Waals surface area contributed by atoms with Gasteiger partial charge < -0.3 is 20.5 Å². The molecule has 6 nitrogen and oxygen atoms in total. The van der Waals surface area contributed by atoms with E-state index in [-0.39, 0.29) is 30.8 Å². The van der Waals surface area contributed by atoms with Gasteiger partial charge in [0.25, 0.3) is 0 Å². The van der Waals surface area contributed by atoms with Gasteiger partial charge in [0.05, 0.1) is 6.61 Å². The lowest BCUT2D eigenvalue weighted by molar-refractivity contribution is -0.144. The Labute approximate surface area is 157 Å². The van der Waals surface area contributed by atoms with E-state index in [1.54, 1.807) is 0 Å². The Bertz CT molecular complexity index is 334. The summed E-state index contributed by atoms with van der Waals surface area (Å²) in [5, 5.41) is 14.9. The fourth-order valence-electron chi connectivity index (χ4n) is 2.87. The molecule has 8 heteroatoms. The van der Waals surface area contributed by atoms with Crippen LogP contribution in [0.1, 0.15) is 45.4 Å². The number of hydrogen-bond acceptors (Lipinski definition) is 5. The molecule has 2 fully saturated rings. The second-order valence-corrected chi connectivity index (χ2v) is 5.99. The summed E-state index contributed by atoms with van der Waals surface area (Å²) in [6.45, 7) is 6.41. The number of hydrogen-bond donors (Lipinski definition) is 3. The minimum absolute atomic E-state index is 0. The van der Waals surface area contributed by atoms with Crippen LogP contribution in [0.25, 0.3) is 0 Å². The predicted molar refractivity (Wildman–Crippen MR) is 99.2 cm³/mol. The molecule has 0 amide bonds. The van der Waals surface area contributed by atoms with E-state index in [1.165, 1.54) is 0 Å². The number of halogens is 2. The first-order chi connectivity index (χ1) is 10.6. The molecule has 2 heterocycles. The number of aliphatic carboxylic acids is 1. The maximum Gasteiger partial charge on any atom is 0.306 e. The third kappa shape index (κ3) is 12.8. The molecule has 0 saturated carbocycles. The van der Waals surface area contributed by atoms with Crippen molar-refractivity contribution >= 4 is 36.8 Å². The molecule has 144 valence electrons. The molecule has 0 aliphatic carbocycles. The van der Waals surface area contributed by atoms with Gasteiger partial charge >= 0.3 is 11.9 Å². The van der Waals surface area contributed by atoms with Gasteiger partial charge in [-0.25, -0.2) is 0 Å². The first kappa shape index (κ1) is 25.7. The molecule has 0 radical (unpaired) electrons. The molecular formula is C16H32Cl2N2O4. The van der Waals surface area contributed by atoms with Crippen LogP contribution in [0, 0.1) is 11.8 Å².